The van der Waals surface area contributed by atoms with Crippen LogP contribution in [0.25, 0.3) is 6.08 Å². The second-order valence-corrected chi connectivity index (χ2v) is 3.99. The normalized spacial score (nSPS) is 15.4. The van der Waals surface area contributed by atoms with Crippen LogP contribution in [0.15, 0.2) is 28.2 Å². The fourth-order valence-corrected chi connectivity index (χ4v) is 1.54. The lowest BCUT2D eigenvalue weighted by Crippen LogP contribution is -2.33. The van der Waals surface area contributed by atoms with Gasteiger partial charge in [0.25, 0.3) is 0 Å². The lowest BCUT2D eigenvalue weighted by molar-refractivity contribution is 0.622. The Labute approximate surface area is 84.8 Å². The molecule has 1 aliphatic heterocycles. The molecule has 1 aromatic carbocycles. The van der Waals surface area contributed by atoms with Gasteiger partial charge in [-0.1, -0.05) is 28.1 Å². The van der Waals surface area contributed by atoms with Gasteiger partial charge in [-0.3, -0.25) is 0 Å². The molecule has 13 heavy (non-hydrogen) atoms. The van der Waals surface area contributed by atoms with Crippen LogP contribution in [0.5, 0.6) is 0 Å². The Kier molecular flexibility index (Phi) is 2.47. The highest BCUT2D eigenvalue weighted by atomic mass is 79.9. The molecule has 2 rings (SSSR count). The van der Waals surface area contributed by atoms with Crippen molar-refractivity contribution in [3.63, 3.8) is 0 Å². The topological polar surface area (TPSA) is 12.0 Å². The summed E-state index contributed by atoms with van der Waals surface area (Å²) in [6, 6.07) is 5.12. The molecule has 0 saturated carbocycles. The van der Waals surface area contributed by atoms with E-state index in [1.165, 1.54) is 11.6 Å². The van der Waals surface area contributed by atoms with Crippen LogP contribution in [0.3, 0.4) is 0 Å². The first kappa shape index (κ1) is 8.91. The lowest BCUT2D eigenvalue weighted by Gasteiger charge is -2.18. The van der Waals surface area contributed by atoms with Gasteiger partial charge in [0.1, 0.15) is 5.82 Å². The van der Waals surface area contributed by atoms with Crippen LogP contribution >= 0.6 is 15.9 Å². The van der Waals surface area contributed by atoms with Crippen molar-refractivity contribution in [2.45, 2.75) is 0 Å². The van der Waals surface area contributed by atoms with E-state index < -0.39 is 0 Å². The third-order valence-electron chi connectivity index (χ3n) is 2.03. The van der Waals surface area contributed by atoms with E-state index >= 15 is 0 Å². The van der Waals surface area contributed by atoms with Gasteiger partial charge in [-0.15, -0.1) is 0 Å². The summed E-state index contributed by atoms with van der Waals surface area (Å²) in [6.07, 6.45) is 1.90. The van der Waals surface area contributed by atoms with Crippen LogP contribution in [0.1, 0.15) is 5.56 Å². The summed E-state index contributed by atoms with van der Waals surface area (Å²) in [6.45, 7) is 1.77. The highest BCUT2D eigenvalue weighted by Crippen LogP contribution is 2.18. The summed E-state index contributed by atoms with van der Waals surface area (Å²) in [7, 11) is 0. The average molecular weight is 242 g/mol. The Hall–Kier alpha value is -0.670. The maximum absolute atomic E-state index is 13.3. The molecule has 1 heterocycles. The molecule has 1 saturated heterocycles. The van der Waals surface area contributed by atoms with E-state index in [1.54, 1.807) is 6.07 Å². The standard InChI is InChI=1S/C10H9BrFN/c11-9-2-1-8(10(12)4-9)3-7-5-13-6-7/h1-4,13H,5-6H2. The molecule has 68 valence electrons. The lowest BCUT2D eigenvalue weighted by atomic mass is 10.1. The molecule has 0 aromatic heterocycles. The SMILES string of the molecule is Fc1cc(Br)ccc1C=C1CNC1. The maximum atomic E-state index is 13.3. The summed E-state index contributed by atoms with van der Waals surface area (Å²) in [5, 5.41) is 3.11. The van der Waals surface area contributed by atoms with Crippen molar-refractivity contribution >= 4 is 22.0 Å². The van der Waals surface area contributed by atoms with Crippen molar-refractivity contribution in [3.05, 3.63) is 39.6 Å². The van der Waals surface area contributed by atoms with E-state index in [9.17, 15) is 4.39 Å². The summed E-state index contributed by atoms with van der Waals surface area (Å²) in [5.41, 5.74) is 1.92. The van der Waals surface area contributed by atoms with Gasteiger partial charge in [0.05, 0.1) is 0 Å². The molecule has 0 spiro atoms. The van der Waals surface area contributed by atoms with Crippen LogP contribution in [-0.4, -0.2) is 13.1 Å². The Morgan fingerprint density at radius 3 is 2.69 bits per heavy atom. The number of nitrogens with one attached hydrogen (secondary N) is 1. The van der Waals surface area contributed by atoms with Gasteiger partial charge in [0.15, 0.2) is 0 Å². The number of hydrogen-bond acceptors (Lipinski definition) is 1. The molecule has 1 fully saturated rings. The Morgan fingerprint density at radius 2 is 2.15 bits per heavy atom. The van der Waals surface area contributed by atoms with E-state index in [2.05, 4.69) is 21.2 Å². The zero-order valence-corrected chi connectivity index (χ0v) is 8.57. The molecule has 1 N–H and O–H groups in total. The third kappa shape index (κ3) is 1.98. The molecule has 1 nitrogen and oxygen atoms in total. The third-order valence-corrected chi connectivity index (χ3v) is 2.52. The van der Waals surface area contributed by atoms with Crippen LogP contribution in [-0.2, 0) is 0 Å². The van der Waals surface area contributed by atoms with Gasteiger partial charge in [-0.05, 0) is 17.7 Å². The minimum Gasteiger partial charge on any atom is -0.309 e. The fraction of sp³-hybridized carbons (Fsp3) is 0.200. The Balaban J connectivity index is 2.29. The summed E-state index contributed by atoms with van der Waals surface area (Å²) in [4.78, 5) is 0. The molecule has 0 unspecified atom stereocenters. The molecule has 0 atom stereocenters. The zero-order valence-electron chi connectivity index (χ0n) is 6.98. The molecule has 0 aliphatic carbocycles. The van der Waals surface area contributed by atoms with Gasteiger partial charge >= 0.3 is 0 Å². The molecule has 1 aromatic rings. The summed E-state index contributed by atoms with van der Waals surface area (Å²) < 4.78 is 14.1. The maximum Gasteiger partial charge on any atom is 0.131 e. The highest BCUT2D eigenvalue weighted by Gasteiger charge is 2.08. The van der Waals surface area contributed by atoms with Gasteiger partial charge in [0.2, 0.25) is 0 Å². The number of benzene rings is 1. The molecular weight excluding hydrogens is 233 g/mol. The highest BCUT2D eigenvalue weighted by molar-refractivity contribution is 9.10. The van der Waals surface area contributed by atoms with E-state index in [1.807, 2.05) is 12.1 Å². The quantitative estimate of drug-likeness (QED) is 0.798. The van der Waals surface area contributed by atoms with Crippen molar-refractivity contribution in [2.75, 3.05) is 13.1 Å². The Morgan fingerprint density at radius 1 is 1.38 bits per heavy atom. The second-order valence-electron chi connectivity index (χ2n) is 3.07. The molecular formula is C10H9BrFN. The largest absolute Gasteiger partial charge is 0.309 e. The average Bonchev–Trinajstić information content (AvgIpc) is 1.99. The van der Waals surface area contributed by atoms with Gasteiger partial charge in [-0.2, -0.15) is 0 Å². The summed E-state index contributed by atoms with van der Waals surface area (Å²) >= 11 is 3.22. The van der Waals surface area contributed by atoms with E-state index in [-0.39, 0.29) is 5.82 Å². The van der Waals surface area contributed by atoms with Gasteiger partial charge in [0, 0.05) is 23.1 Å². The number of halogens is 2. The molecule has 1 aliphatic rings. The summed E-state index contributed by atoms with van der Waals surface area (Å²) in [5.74, 6) is -0.172. The van der Waals surface area contributed by atoms with E-state index in [4.69, 9.17) is 0 Å². The first-order valence-corrected chi connectivity index (χ1v) is 4.90. The van der Waals surface area contributed by atoms with Crippen molar-refractivity contribution < 1.29 is 4.39 Å². The zero-order chi connectivity index (χ0) is 9.26. The minimum atomic E-state index is -0.172. The fourth-order valence-electron chi connectivity index (χ4n) is 1.21. The predicted molar refractivity (Wildman–Crippen MR) is 54.9 cm³/mol. The van der Waals surface area contributed by atoms with Crippen LogP contribution in [0.2, 0.25) is 0 Å². The number of hydrogen-bond donors (Lipinski definition) is 1. The van der Waals surface area contributed by atoms with Crippen molar-refractivity contribution in [1.29, 1.82) is 0 Å². The first-order valence-electron chi connectivity index (χ1n) is 4.11. The van der Waals surface area contributed by atoms with Crippen molar-refractivity contribution in [3.8, 4) is 0 Å². The second kappa shape index (κ2) is 3.60. The number of rotatable bonds is 1. The van der Waals surface area contributed by atoms with Gasteiger partial charge in [-0.25, -0.2) is 4.39 Å². The smallest absolute Gasteiger partial charge is 0.131 e. The van der Waals surface area contributed by atoms with Crippen molar-refractivity contribution in [1.82, 2.24) is 5.32 Å². The minimum absolute atomic E-state index is 0.172. The van der Waals surface area contributed by atoms with Gasteiger partial charge < -0.3 is 5.32 Å². The van der Waals surface area contributed by atoms with E-state index in [0.29, 0.717) is 5.56 Å². The van der Waals surface area contributed by atoms with E-state index in [0.717, 1.165) is 17.6 Å². The molecule has 0 amide bonds. The molecule has 0 bridgehead atoms. The Bertz CT molecular complexity index is 354. The van der Waals surface area contributed by atoms with Crippen LogP contribution in [0, 0.1) is 5.82 Å². The predicted octanol–water partition coefficient (Wildman–Crippen LogP) is 2.57. The van der Waals surface area contributed by atoms with Crippen LogP contribution < -0.4 is 5.32 Å². The monoisotopic (exact) mass is 241 g/mol. The van der Waals surface area contributed by atoms with Crippen LogP contribution in [0.4, 0.5) is 4.39 Å². The first-order chi connectivity index (χ1) is 6.25. The molecule has 0 radical (unpaired) electrons. The van der Waals surface area contributed by atoms with Crippen molar-refractivity contribution in [2.24, 2.45) is 0 Å². The molecule has 3 heteroatoms.